The number of ether oxygens (including phenoxy) is 2. The monoisotopic (exact) mass is 393 g/mol. The molecule has 0 bridgehead atoms. The summed E-state index contributed by atoms with van der Waals surface area (Å²) in [7, 11) is 0. The van der Waals surface area contributed by atoms with E-state index >= 15 is 0 Å². The van der Waals surface area contributed by atoms with Gasteiger partial charge in [-0.1, -0.05) is 0 Å². The van der Waals surface area contributed by atoms with Gasteiger partial charge in [-0.25, -0.2) is 9.59 Å². The zero-order valence-corrected chi connectivity index (χ0v) is 16.9. The van der Waals surface area contributed by atoms with Crippen molar-refractivity contribution in [3.63, 3.8) is 0 Å². The minimum atomic E-state index is -0.594. The van der Waals surface area contributed by atoms with Crippen LogP contribution in [0.4, 0.5) is 5.00 Å². The molecule has 1 amide bonds. The summed E-state index contributed by atoms with van der Waals surface area (Å²) in [5.41, 5.74) is 2.26. The average Bonchev–Trinajstić information content (AvgIpc) is 3.06. The van der Waals surface area contributed by atoms with Gasteiger partial charge < -0.3 is 14.8 Å². The van der Waals surface area contributed by atoms with Crippen molar-refractivity contribution in [2.24, 2.45) is 0 Å². The molecule has 0 unspecified atom stereocenters. The summed E-state index contributed by atoms with van der Waals surface area (Å²) in [5, 5.41) is 7.22. The Morgan fingerprint density at radius 2 is 1.74 bits per heavy atom. The third kappa shape index (κ3) is 4.73. The molecule has 0 aliphatic heterocycles. The highest BCUT2D eigenvalue weighted by Crippen LogP contribution is 2.34. The molecule has 9 heteroatoms. The first-order valence-corrected chi connectivity index (χ1v) is 9.38. The van der Waals surface area contributed by atoms with Gasteiger partial charge in [-0.2, -0.15) is 5.10 Å². The number of nitrogens with one attached hydrogen (secondary N) is 1. The Morgan fingerprint density at radius 1 is 1.11 bits per heavy atom. The van der Waals surface area contributed by atoms with Crippen molar-refractivity contribution in [1.82, 2.24) is 9.78 Å². The number of rotatable bonds is 7. The molecule has 2 aromatic heterocycles. The van der Waals surface area contributed by atoms with E-state index in [1.54, 1.807) is 25.5 Å². The normalized spacial score (nSPS) is 10.6. The molecular formula is C18H23N3O5S. The maximum Gasteiger partial charge on any atom is 0.348 e. The summed E-state index contributed by atoms with van der Waals surface area (Å²) >= 11 is 1.000. The fourth-order valence-electron chi connectivity index (χ4n) is 2.58. The molecular weight excluding hydrogens is 370 g/mol. The maximum atomic E-state index is 12.5. The average molecular weight is 393 g/mol. The first-order chi connectivity index (χ1) is 12.8. The van der Waals surface area contributed by atoms with E-state index in [1.165, 1.54) is 0 Å². The summed E-state index contributed by atoms with van der Waals surface area (Å²) in [5.74, 6) is -1.49. The Labute approximate surface area is 161 Å². The van der Waals surface area contributed by atoms with Gasteiger partial charge >= 0.3 is 11.9 Å². The Bertz CT molecular complexity index is 869. The van der Waals surface area contributed by atoms with Crippen molar-refractivity contribution >= 4 is 34.2 Å². The molecule has 0 atom stereocenters. The summed E-state index contributed by atoms with van der Waals surface area (Å²) in [6.07, 6.45) is 0. The lowest BCUT2D eigenvalue weighted by Gasteiger charge is -2.08. The number of aromatic nitrogens is 2. The lowest BCUT2D eigenvalue weighted by atomic mass is 10.1. The van der Waals surface area contributed by atoms with Crippen LogP contribution in [0.3, 0.4) is 0 Å². The van der Waals surface area contributed by atoms with E-state index < -0.39 is 11.9 Å². The number of aryl methyl sites for hydroxylation is 2. The summed E-state index contributed by atoms with van der Waals surface area (Å²) < 4.78 is 11.7. The third-order valence-electron chi connectivity index (χ3n) is 3.74. The smallest absolute Gasteiger partial charge is 0.348 e. The summed E-state index contributed by atoms with van der Waals surface area (Å²) in [4.78, 5) is 37.2. The second-order valence-electron chi connectivity index (χ2n) is 5.83. The molecule has 0 saturated carbocycles. The van der Waals surface area contributed by atoms with Crippen LogP contribution >= 0.6 is 11.3 Å². The molecule has 0 saturated heterocycles. The highest BCUT2D eigenvalue weighted by Gasteiger charge is 2.27. The molecule has 27 heavy (non-hydrogen) atoms. The molecule has 0 aliphatic carbocycles. The van der Waals surface area contributed by atoms with Crippen LogP contribution in [-0.4, -0.2) is 40.8 Å². The quantitative estimate of drug-likeness (QED) is 0.726. The molecule has 0 aromatic carbocycles. The van der Waals surface area contributed by atoms with E-state index in [9.17, 15) is 14.4 Å². The lowest BCUT2D eigenvalue weighted by molar-refractivity contribution is -0.116. The number of hydrogen-bond acceptors (Lipinski definition) is 7. The number of hydrogen-bond donors (Lipinski definition) is 1. The molecule has 146 valence electrons. The van der Waals surface area contributed by atoms with Gasteiger partial charge in [0.25, 0.3) is 0 Å². The van der Waals surface area contributed by atoms with Crippen molar-refractivity contribution in [1.29, 1.82) is 0 Å². The standard InChI is InChI=1S/C18H23N3O5S/c1-6-25-17(23)14-12(5)15(18(24)26-7-2)27-16(14)19-13(22)9-21-11(4)8-10(3)20-21/h8H,6-7,9H2,1-5H3,(H,19,22). The molecule has 1 N–H and O–H groups in total. The molecule has 8 nitrogen and oxygen atoms in total. The number of nitrogens with zero attached hydrogens (tertiary/aromatic N) is 2. The molecule has 0 fully saturated rings. The largest absolute Gasteiger partial charge is 0.462 e. The van der Waals surface area contributed by atoms with E-state index in [1.807, 2.05) is 19.9 Å². The maximum absolute atomic E-state index is 12.5. The van der Waals surface area contributed by atoms with E-state index in [0.717, 1.165) is 22.7 Å². The number of anilines is 1. The van der Waals surface area contributed by atoms with Crippen molar-refractivity contribution in [2.45, 2.75) is 41.2 Å². The van der Waals surface area contributed by atoms with E-state index in [-0.39, 0.29) is 41.1 Å². The number of amides is 1. The summed E-state index contributed by atoms with van der Waals surface area (Å²) in [6, 6.07) is 1.87. The highest BCUT2D eigenvalue weighted by molar-refractivity contribution is 7.18. The number of carbonyl (C=O) groups is 3. The van der Waals surface area contributed by atoms with E-state index in [0.29, 0.717) is 5.56 Å². The Hall–Kier alpha value is -2.68. The first-order valence-electron chi connectivity index (χ1n) is 8.56. The second-order valence-corrected chi connectivity index (χ2v) is 6.85. The SMILES string of the molecule is CCOC(=O)c1sc(NC(=O)Cn2nc(C)cc2C)c(C(=O)OCC)c1C. The zero-order chi connectivity index (χ0) is 20.1. The third-order valence-corrected chi connectivity index (χ3v) is 4.92. The first kappa shape index (κ1) is 20.6. The highest BCUT2D eigenvalue weighted by atomic mass is 32.1. The molecule has 0 radical (unpaired) electrons. The van der Waals surface area contributed by atoms with Gasteiger partial charge in [0, 0.05) is 5.69 Å². The molecule has 0 spiro atoms. The van der Waals surface area contributed by atoms with Crippen LogP contribution < -0.4 is 5.32 Å². The van der Waals surface area contributed by atoms with Crippen LogP contribution in [0.2, 0.25) is 0 Å². The molecule has 0 aliphatic rings. The van der Waals surface area contributed by atoms with E-state index in [4.69, 9.17) is 9.47 Å². The Balaban J connectivity index is 2.31. The van der Waals surface area contributed by atoms with Gasteiger partial charge in [-0.05, 0) is 46.2 Å². The predicted molar refractivity (Wildman–Crippen MR) is 101 cm³/mol. The van der Waals surface area contributed by atoms with Crippen molar-refractivity contribution in [3.8, 4) is 0 Å². The second kappa shape index (κ2) is 8.81. The lowest BCUT2D eigenvalue weighted by Crippen LogP contribution is -2.21. The van der Waals surface area contributed by atoms with Gasteiger partial charge in [0.1, 0.15) is 16.4 Å². The Kier molecular flexibility index (Phi) is 6.73. The minimum absolute atomic E-state index is 0.00632. The molecule has 2 rings (SSSR count). The van der Waals surface area contributed by atoms with Crippen LogP contribution in [0.1, 0.15) is 50.8 Å². The van der Waals surface area contributed by atoms with Crippen molar-refractivity contribution in [3.05, 3.63) is 33.5 Å². The van der Waals surface area contributed by atoms with Gasteiger partial charge in [0.15, 0.2) is 0 Å². The summed E-state index contributed by atoms with van der Waals surface area (Å²) in [6.45, 7) is 9.10. The van der Waals surface area contributed by atoms with Crippen LogP contribution in [0.15, 0.2) is 6.07 Å². The van der Waals surface area contributed by atoms with Gasteiger partial charge in [-0.15, -0.1) is 11.3 Å². The van der Waals surface area contributed by atoms with Crippen LogP contribution in [-0.2, 0) is 20.8 Å². The Morgan fingerprint density at radius 3 is 2.30 bits per heavy atom. The number of esters is 2. The van der Waals surface area contributed by atoms with Crippen LogP contribution in [0.25, 0.3) is 0 Å². The van der Waals surface area contributed by atoms with Crippen molar-refractivity contribution < 1.29 is 23.9 Å². The van der Waals surface area contributed by atoms with Crippen molar-refractivity contribution in [2.75, 3.05) is 18.5 Å². The number of carbonyl (C=O) groups excluding carboxylic acids is 3. The topological polar surface area (TPSA) is 99.5 Å². The molecule has 2 aromatic rings. The fourth-order valence-corrected chi connectivity index (χ4v) is 3.68. The van der Waals surface area contributed by atoms with Crippen LogP contribution in [0, 0.1) is 20.8 Å². The zero-order valence-electron chi connectivity index (χ0n) is 16.0. The molecule has 2 heterocycles. The van der Waals surface area contributed by atoms with Gasteiger partial charge in [-0.3, -0.25) is 9.48 Å². The van der Waals surface area contributed by atoms with Crippen LogP contribution in [0.5, 0.6) is 0 Å². The fraction of sp³-hybridized carbons (Fsp3) is 0.444. The van der Waals surface area contributed by atoms with Gasteiger partial charge in [0.2, 0.25) is 5.91 Å². The van der Waals surface area contributed by atoms with E-state index in [2.05, 4.69) is 10.4 Å². The van der Waals surface area contributed by atoms with Gasteiger partial charge in [0.05, 0.1) is 24.5 Å². The minimum Gasteiger partial charge on any atom is -0.462 e. The predicted octanol–water partition coefficient (Wildman–Crippen LogP) is 2.86. The number of thiophene rings is 1.